The predicted octanol–water partition coefficient (Wildman–Crippen LogP) is 15.4. The number of ether oxygens (including phenoxy) is 3. The summed E-state index contributed by atoms with van der Waals surface area (Å²) in [6.45, 7) is 7.31. The van der Waals surface area contributed by atoms with Gasteiger partial charge in [0.05, 0.1) is 6.61 Å². The fourth-order valence-corrected chi connectivity index (χ4v) is 5.61. The second-order valence-electron chi connectivity index (χ2n) is 14.5. The van der Waals surface area contributed by atoms with Gasteiger partial charge in [-0.25, -0.2) is 0 Å². The molecule has 0 aromatic rings. The molecule has 0 aliphatic heterocycles. The third kappa shape index (κ3) is 45.0. The summed E-state index contributed by atoms with van der Waals surface area (Å²) in [6.07, 6.45) is 66.5. The molecule has 5 nitrogen and oxygen atoms in total. The molecule has 0 rings (SSSR count). The van der Waals surface area contributed by atoms with Gasteiger partial charge in [-0.3, -0.25) is 9.59 Å². The van der Waals surface area contributed by atoms with Crippen molar-refractivity contribution in [1.29, 1.82) is 0 Å². The fraction of sp³-hybridized carbons (Fsp3) is 0.585. The van der Waals surface area contributed by atoms with Crippen LogP contribution in [0, 0.1) is 0 Å². The zero-order valence-corrected chi connectivity index (χ0v) is 37.3. The summed E-state index contributed by atoms with van der Waals surface area (Å²) in [5.41, 5.74) is 0. The fourth-order valence-electron chi connectivity index (χ4n) is 5.61. The van der Waals surface area contributed by atoms with Crippen LogP contribution in [0.25, 0.3) is 0 Å². The van der Waals surface area contributed by atoms with Gasteiger partial charge in [0.1, 0.15) is 6.61 Å². The highest BCUT2D eigenvalue weighted by molar-refractivity contribution is 5.70. The number of unbranched alkanes of at least 4 members (excludes halogenated alkanes) is 9. The van der Waals surface area contributed by atoms with Crippen molar-refractivity contribution >= 4 is 11.9 Å². The van der Waals surface area contributed by atoms with E-state index in [9.17, 15) is 9.59 Å². The highest BCUT2D eigenvalue weighted by Crippen LogP contribution is 2.10. The van der Waals surface area contributed by atoms with Crippen molar-refractivity contribution in [2.75, 3.05) is 19.8 Å². The van der Waals surface area contributed by atoms with Gasteiger partial charge in [0.25, 0.3) is 0 Å². The maximum Gasteiger partial charge on any atom is 0.306 e. The second-order valence-corrected chi connectivity index (χ2v) is 14.5. The van der Waals surface area contributed by atoms with E-state index in [1.807, 2.05) is 6.08 Å². The Bertz CT molecular complexity index is 1220. The third-order valence-corrected chi connectivity index (χ3v) is 8.98. The Hall–Kier alpha value is -3.70. The molecule has 5 heteroatoms. The van der Waals surface area contributed by atoms with Crippen molar-refractivity contribution in [2.24, 2.45) is 0 Å². The lowest BCUT2D eigenvalue weighted by Crippen LogP contribution is -2.30. The average Bonchev–Trinajstić information content (AvgIpc) is 3.22. The second kappa shape index (κ2) is 47.7. The normalized spacial score (nSPS) is 13.4. The largest absolute Gasteiger partial charge is 0.462 e. The van der Waals surface area contributed by atoms with E-state index in [4.69, 9.17) is 14.2 Å². The zero-order valence-electron chi connectivity index (χ0n) is 37.3. The first kappa shape index (κ1) is 54.3. The quantitative estimate of drug-likeness (QED) is 0.0351. The minimum absolute atomic E-state index is 0.0195. The topological polar surface area (TPSA) is 61.8 Å². The first-order valence-corrected chi connectivity index (χ1v) is 23.1. The van der Waals surface area contributed by atoms with Crippen molar-refractivity contribution < 1.29 is 23.8 Å². The van der Waals surface area contributed by atoms with Gasteiger partial charge in [-0.05, 0) is 109 Å². The van der Waals surface area contributed by atoms with Crippen LogP contribution in [0.5, 0.6) is 0 Å². The first-order chi connectivity index (χ1) is 28.6. The molecule has 0 aliphatic rings. The Balaban J connectivity index is 4.50. The minimum atomic E-state index is -0.615. The van der Waals surface area contributed by atoms with Crippen molar-refractivity contribution in [3.05, 3.63) is 122 Å². The van der Waals surface area contributed by atoms with E-state index >= 15 is 0 Å². The van der Waals surface area contributed by atoms with Gasteiger partial charge < -0.3 is 14.2 Å². The molecule has 0 amide bonds. The molecule has 326 valence electrons. The standard InChI is InChI=1S/C53H84O5/c1-4-7-10-13-16-19-22-25-27-29-31-34-37-40-43-46-52(54)57-50-51(49-56-48-45-42-39-36-33-30-26-23-20-17-14-11-8-5-2)58-53(55)47-44-41-38-35-32-28-24-21-18-15-12-9-6-3/h8-9,11-12,16-21,25-28,30,32,36,38-39,41,51H,4-7,10,13-15,22-24,29,31,33-35,37,40,42-50H2,1-3H3/b11-8-,12-9-,19-16-,20-17-,21-18-,27-25-,30-26-,32-28-,39-36-,41-38-. The number of carbonyl (C=O) groups is 2. The number of allylic oxidation sites excluding steroid dienone is 20. The van der Waals surface area contributed by atoms with Crippen LogP contribution >= 0.6 is 0 Å². The van der Waals surface area contributed by atoms with Gasteiger partial charge in [-0.1, -0.05) is 174 Å². The van der Waals surface area contributed by atoms with Crippen LogP contribution < -0.4 is 0 Å². The maximum atomic E-state index is 12.7. The van der Waals surface area contributed by atoms with Gasteiger partial charge in [0, 0.05) is 19.4 Å². The molecule has 58 heavy (non-hydrogen) atoms. The van der Waals surface area contributed by atoms with Crippen LogP contribution in [0.2, 0.25) is 0 Å². The number of hydrogen-bond acceptors (Lipinski definition) is 5. The molecule has 1 unspecified atom stereocenters. The Morgan fingerprint density at radius 3 is 1.31 bits per heavy atom. The summed E-state index contributed by atoms with van der Waals surface area (Å²) in [7, 11) is 0. The SMILES string of the molecule is CC/C=C\C/C=C\C/C=C\C/C=C\CCCOCC(COC(=O)CCCCCCC/C=C\C/C=C\CCCCC)OC(=O)CC/C=C\C/C=C\C/C=C\C/C=C\CC. The van der Waals surface area contributed by atoms with Gasteiger partial charge >= 0.3 is 11.9 Å². The Kier molecular flexibility index (Phi) is 44.6. The monoisotopic (exact) mass is 801 g/mol. The van der Waals surface area contributed by atoms with E-state index in [0.717, 1.165) is 96.3 Å². The molecule has 0 saturated carbocycles. The molecule has 0 heterocycles. The van der Waals surface area contributed by atoms with Gasteiger partial charge in [0.2, 0.25) is 0 Å². The number of rotatable bonds is 40. The summed E-state index contributed by atoms with van der Waals surface area (Å²) < 4.78 is 17.2. The summed E-state index contributed by atoms with van der Waals surface area (Å²) in [5, 5.41) is 0. The van der Waals surface area contributed by atoms with Gasteiger partial charge in [-0.2, -0.15) is 0 Å². The molecule has 0 fully saturated rings. The van der Waals surface area contributed by atoms with E-state index in [-0.39, 0.29) is 31.6 Å². The molecule has 0 bridgehead atoms. The number of hydrogen-bond donors (Lipinski definition) is 0. The average molecular weight is 801 g/mol. The van der Waals surface area contributed by atoms with Crippen LogP contribution in [0.15, 0.2) is 122 Å². The summed E-state index contributed by atoms with van der Waals surface area (Å²) >= 11 is 0. The summed E-state index contributed by atoms with van der Waals surface area (Å²) in [6, 6.07) is 0. The van der Waals surface area contributed by atoms with Crippen LogP contribution in [0.4, 0.5) is 0 Å². The minimum Gasteiger partial charge on any atom is -0.462 e. The molecule has 0 aliphatic carbocycles. The Morgan fingerprint density at radius 1 is 0.397 bits per heavy atom. The summed E-state index contributed by atoms with van der Waals surface area (Å²) in [5.74, 6) is -0.550. The third-order valence-electron chi connectivity index (χ3n) is 8.98. The highest BCUT2D eigenvalue weighted by Gasteiger charge is 2.17. The van der Waals surface area contributed by atoms with Crippen LogP contribution in [-0.4, -0.2) is 37.9 Å². The molecule has 0 radical (unpaired) electrons. The van der Waals surface area contributed by atoms with Crippen molar-refractivity contribution in [1.82, 2.24) is 0 Å². The van der Waals surface area contributed by atoms with E-state index in [2.05, 4.69) is 136 Å². The molecule has 0 N–H and O–H groups in total. The van der Waals surface area contributed by atoms with Crippen LogP contribution in [0.3, 0.4) is 0 Å². The first-order valence-electron chi connectivity index (χ1n) is 23.1. The molecular formula is C53H84O5. The smallest absolute Gasteiger partial charge is 0.306 e. The number of carbonyl (C=O) groups excluding carboxylic acids is 2. The van der Waals surface area contributed by atoms with E-state index in [1.54, 1.807) is 0 Å². The maximum absolute atomic E-state index is 12.7. The Labute approximate surface area is 356 Å². The van der Waals surface area contributed by atoms with E-state index in [1.165, 1.54) is 38.5 Å². The van der Waals surface area contributed by atoms with Gasteiger partial charge in [0.15, 0.2) is 6.10 Å². The molecular weight excluding hydrogens is 717 g/mol. The lowest BCUT2D eigenvalue weighted by atomic mass is 10.1. The molecule has 0 aromatic heterocycles. The van der Waals surface area contributed by atoms with E-state index in [0.29, 0.717) is 19.4 Å². The van der Waals surface area contributed by atoms with Gasteiger partial charge in [-0.15, -0.1) is 0 Å². The highest BCUT2D eigenvalue weighted by atomic mass is 16.6. The van der Waals surface area contributed by atoms with Crippen molar-refractivity contribution in [3.8, 4) is 0 Å². The molecule has 0 spiro atoms. The lowest BCUT2D eigenvalue weighted by molar-refractivity contribution is -0.162. The lowest BCUT2D eigenvalue weighted by Gasteiger charge is -2.18. The molecule has 0 aromatic carbocycles. The predicted molar refractivity (Wildman–Crippen MR) is 251 cm³/mol. The van der Waals surface area contributed by atoms with Crippen LogP contribution in [-0.2, 0) is 23.8 Å². The zero-order chi connectivity index (χ0) is 42.1. The Morgan fingerprint density at radius 2 is 0.810 bits per heavy atom. The molecule has 0 saturated heterocycles. The number of esters is 2. The molecule has 1 atom stereocenters. The van der Waals surface area contributed by atoms with Crippen LogP contribution in [0.1, 0.15) is 175 Å². The van der Waals surface area contributed by atoms with E-state index < -0.39 is 6.10 Å². The van der Waals surface area contributed by atoms with Crippen molar-refractivity contribution in [3.63, 3.8) is 0 Å². The van der Waals surface area contributed by atoms with Crippen molar-refractivity contribution in [2.45, 2.75) is 181 Å². The summed E-state index contributed by atoms with van der Waals surface area (Å²) in [4.78, 5) is 25.2.